The van der Waals surface area contributed by atoms with Gasteiger partial charge in [0.1, 0.15) is 24.5 Å². The van der Waals surface area contributed by atoms with E-state index < -0.39 is 12.2 Å². The third-order valence-corrected chi connectivity index (χ3v) is 6.48. The number of carbonyl (C=O) groups is 2. The second-order valence-corrected chi connectivity index (χ2v) is 8.66. The zero-order valence-corrected chi connectivity index (χ0v) is 19.6. The average Bonchev–Trinajstić information content (AvgIpc) is 3.51. The molecule has 1 saturated heterocycles. The van der Waals surface area contributed by atoms with Gasteiger partial charge in [-0.05, 0) is 24.6 Å². The highest BCUT2D eigenvalue weighted by Gasteiger charge is 2.37. The van der Waals surface area contributed by atoms with Crippen LogP contribution in [0.15, 0.2) is 36.5 Å². The van der Waals surface area contributed by atoms with Crippen LogP contribution in [0.25, 0.3) is 11.0 Å². The minimum absolute atomic E-state index is 0.0331. The molecule has 0 radical (unpaired) electrons. The Balaban J connectivity index is 1.09. The molecule has 3 aliphatic rings. The Morgan fingerprint density at radius 3 is 2.86 bits per heavy atom. The van der Waals surface area contributed by atoms with Gasteiger partial charge in [0.15, 0.2) is 17.6 Å². The summed E-state index contributed by atoms with van der Waals surface area (Å²) in [5, 5.41) is 2.89. The van der Waals surface area contributed by atoms with Crippen molar-refractivity contribution in [2.24, 2.45) is 0 Å². The minimum Gasteiger partial charge on any atom is -0.491 e. The number of hydrogen-bond donors (Lipinski definition) is 1. The van der Waals surface area contributed by atoms with E-state index in [4.69, 9.17) is 23.7 Å². The van der Waals surface area contributed by atoms with Crippen LogP contribution in [0.4, 0.5) is 10.5 Å². The number of rotatable bonds is 6. The van der Waals surface area contributed by atoms with E-state index >= 15 is 0 Å². The number of cyclic esters (lactones) is 1. The number of methoxy groups -OCH3 is 1. The van der Waals surface area contributed by atoms with E-state index in [-0.39, 0.29) is 18.4 Å². The molecule has 1 N–H and O–H groups in total. The van der Waals surface area contributed by atoms with E-state index in [1.54, 1.807) is 37.6 Å². The molecule has 11 nitrogen and oxygen atoms in total. The lowest BCUT2D eigenvalue weighted by Gasteiger charge is -2.20. The first-order valence-corrected chi connectivity index (χ1v) is 11.7. The van der Waals surface area contributed by atoms with Crippen LogP contribution in [-0.4, -0.2) is 68.1 Å². The number of ether oxygens (including phenoxy) is 5. The van der Waals surface area contributed by atoms with Crippen LogP contribution >= 0.6 is 0 Å². The fraction of sp³-hybridized carbons (Fsp3) is 0.360. The molecule has 186 valence electrons. The Kier molecular flexibility index (Phi) is 5.59. The van der Waals surface area contributed by atoms with Gasteiger partial charge in [-0.25, -0.2) is 9.78 Å². The summed E-state index contributed by atoms with van der Waals surface area (Å²) in [6.07, 6.45) is 0.843. The van der Waals surface area contributed by atoms with Crippen LogP contribution in [0, 0.1) is 0 Å². The summed E-state index contributed by atoms with van der Waals surface area (Å²) >= 11 is 0. The molecule has 36 heavy (non-hydrogen) atoms. The molecule has 0 spiro atoms. The van der Waals surface area contributed by atoms with E-state index in [9.17, 15) is 9.59 Å². The van der Waals surface area contributed by atoms with Crippen LogP contribution in [0.5, 0.6) is 23.1 Å². The van der Waals surface area contributed by atoms with Crippen LogP contribution in [-0.2, 0) is 9.53 Å². The fourth-order valence-corrected chi connectivity index (χ4v) is 4.67. The van der Waals surface area contributed by atoms with Gasteiger partial charge in [0, 0.05) is 30.2 Å². The van der Waals surface area contributed by atoms with Crippen molar-refractivity contribution in [3.05, 3.63) is 42.1 Å². The van der Waals surface area contributed by atoms with E-state index in [2.05, 4.69) is 15.3 Å². The molecule has 3 aromatic rings. The first-order valence-electron chi connectivity index (χ1n) is 11.7. The maximum absolute atomic E-state index is 12.8. The number of hydrogen-bond acceptors (Lipinski definition) is 9. The summed E-state index contributed by atoms with van der Waals surface area (Å²) in [7, 11) is 1.57. The van der Waals surface area contributed by atoms with Crippen molar-refractivity contribution in [2.75, 3.05) is 44.9 Å². The number of carbonyl (C=O) groups excluding carboxylic acids is 2. The molecule has 0 saturated carbocycles. The highest BCUT2D eigenvalue weighted by atomic mass is 16.6. The zero-order chi connectivity index (χ0) is 24.6. The quantitative estimate of drug-likeness (QED) is 0.553. The summed E-state index contributed by atoms with van der Waals surface area (Å²) in [6, 6.07) is 8.84. The third-order valence-electron chi connectivity index (χ3n) is 6.48. The van der Waals surface area contributed by atoms with Crippen molar-refractivity contribution in [1.29, 1.82) is 0 Å². The molecule has 1 aromatic carbocycles. The lowest BCUT2D eigenvalue weighted by atomic mass is 9.97. The molecule has 2 atom stereocenters. The predicted octanol–water partition coefficient (Wildman–Crippen LogP) is 2.42. The lowest BCUT2D eigenvalue weighted by molar-refractivity contribution is -0.127. The van der Waals surface area contributed by atoms with E-state index in [0.29, 0.717) is 61.6 Å². The molecule has 3 aliphatic heterocycles. The van der Waals surface area contributed by atoms with Crippen molar-refractivity contribution in [3.63, 3.8) is 0 Å². The van der Waals surface area contributed by atoms with Crippen molar-refractivity contribution in [1.82, 2.24) is 15.3 Å². The summed E-state index contributed by atoms with van der Waals surface area (Å²) in [5.41, 5.74) is 3.04. The number of amides is 2. The minimum atomic E-state index is -0.909. The zero-order valence-electron chi connectivity index (χ0n) is 19.6. The van der Waals surface area contributed by atoms with Gasteiger partial charge in [-0.1, -0.05) is 0 Å². The molecule has 2 amide bonds. The smallest absolute Gasteiger partial charge is 0.415 e. The molecule has 6 rings (SSSR count). The SMILES string of the molecule is COc1ccc2ncc3c(c2n1)C(CCNC(=O)[C@@H]1CN(c2ccc4c(c2)OCCO4)C(=O)O1)CO3. The van der Waals surface area contributed by atoms with Gasteiger partial charge in [-0.3, -0.25) is 14.7 Å². The van der Waals surface area contributed by atoms with Gasteiger partial charge in [-0.2, -0.15) is 0 Å². The second-order valence-electron chi connectivity index (χ2n) is 8.66. The number of pyridine rings is 2. The van der Waals surface area contributed by atoms with E-state index in [1.807, 2.05) is 6.07 Å². The number of nitrogens with zero attached hydrogens (tertiary/aromatic N) is 3. The number of aromatic nitrogens is 2. The van der Waals surface area contributed by atoms with E-state index in [1.165, 1.54) is 4.90 Å². The third kappa shape index (κ3) is 3.96. The topological polar surface area (TPSA) is 121 Å². The molecule has 1 fully saturated rings. The number of fused-ring (bicyclic) bond motifs is 4. The maximum atomic E-state index is 12.8. The molecule has 11 heteroatoms. The van der Waals surface area contributed by atoms with Gasteiger partial charge >= 0.3 is 6.09 Å². The van der Waals surface area contributed by atoms with Crippen LogP contribution in [0.1, 0.15) is 17.9 Å². The molecule has 0 bridgehead atoms. The Bertz CT molecular complexity index is 1350. The lowest BCUT2D eigenvalue weighted by Crippen LogP contribution is -2.38. The second kappa shape index (κ2) is 9.06. The van der Waals surface area contributed by atoms with Crippen molar-refractivity contribution >= 4 is 28.7 Å². The Morgan fingerprint density at radius 1 is 1.14 bits per heavy atom. The summed E-state index contributed by atoms with van der Waals surface area (Å²) in [4.78, 5) is 35.6. The Morgan fingerprint density at radius 2 is 2.00 bits per heavy atom. The summed E-state index contributed by atoms with van der Waals surface area (Å²) in [6.45, 7) is 1.90. The van der Waals surface area contributed by atoms with Crippen molar-refractivity contribution < 1.29 is 33.3 Å². The maximum Gasteiger partial charge on any atom is 0.415 e. The molecule has 1 unspecified atom stereocenters. The number of benzene rings is 1. The van der Waals surface area contributed by atoms with Crippen molar-refractivity contribution in [3.8, 4) is 23.1 Å². The highest BCUT2D eigenvalue weighted by Crippen LogP contribution is 2.40. The van der Waals surface area contributed by atoms with Crippen molar-refractivity contribution in [2.45, 2.75) is 18.4 Å². The fourth-order valence-electron chi connectivity index (χ4n) is 4.67. The average molecular weight is 492 g/mol. The molecule has 5 heterocycles. The normalized spacial score (nSPS) is 20.0. The monoisotopic (exact) mass is 492 g/mol. The van der Waals surface area contributed by atoms with Crippen LogP contribution in [0.2, 0.25) is 0 Å². The largest absolute Gasteiger partial charge is 0.491 e. The Hall–Kier alpha value is -4.28. The number of anilines is 1. The first-order chi connectivity index (χ1) is 17.6. The van der Waals surface area contributed by atoms with Gasteiger partial charge < -0.3 is 29.0 Å². The van der Waals surface area contributed by atoms with Gasteiger partial charge in [-0.15, -0.1) is 0 Å². The van der Waals surface area contributed by atoms with Gasteiger partial charge in [0.25, 0.3) is 5.91 Å². The number of nitrogens with one attached hydrogen (secondary N) is 1. The molecule has 2 aromatic heterocycles. The van der Waals surface area contributed by atoms with Crippen LogP contribution < -0.4 is 29.2 Å². The summed E-state index contributed by atoms with van der Waals surface area (Å²) < 4.78 is 27.5. The Labute approximate surface area is 206 Å². The standard InChI is InChI=1S/C25H24N4O7/c1-32-21-5-3-16-23(28-21)22-14(13-35-19(22)11-27-16)6-7-26-24(30)20-12-29(25(31)36-20)15-2-4-17-18(10-15)34-9-8-33-17/h2-5,10-11,14,20H,6-9,12-13H2,1H3,(H,26,30)/t14?,20-/m0/s1. The molecular weight excluding hydrogens is 468 g/mol. The van der Waals surface area contributed by atoms with Gasteiger partial charge in [0.2, 0.25) is 5.88 Å². The molecule has 0 aliphatic carbocycles. The predicted molar refractivity (Wildman–Crippen MR) is 127 cm³/mol. The first kappa shape index (κ1) is 22.2. The van der Waals surface area contributed by atoms with Gasteiger partial charge in [0.05, 0.1) is 37.7 Å². The van der Waals surface area contributed by atoms with E-state index in [0.717, 1.165) is 16.6 Å². The highest BCUT2D eigenvalue weighted by molar-refractivity contribution is 5.95. The summed E-state index contributed by atoms with van der Waals surface area (Å²) in [5.74, 6) is 2.07. The molecular formula is C25H24N4O7. The van der Waals surface area contributed by atoms with Crippen LogP contribution in [0.3, 0.4) is 0 Å².